The van der Waals surface area contributed by atoms with Crippen molar-refractivity contribution in [3.05, 3.63) is 58.2 Å². The smallest absolute Gasteiger partial charge is 0.416 e. The molecule has 174 valence electrons. The molecular formula is C22H15F3N4O4S. The van der Waals surface area contributed by atoms with Gasteiger partial charge in [0.25, 0.3) is 5.56 Å². The van der Waals surface area contributed by atoms with E-state index in [9.17, 15) is 18.0 Å². The SMILES string of the molecule is O=c1c2cc3c(cc2nc(SCc2nc(-c4ccc(C(F)(F)F)cc4)no2)n1C1CC1)OCO3. The van der Waals surface area contributed by atoms with Crippen LogP contribution >= 0.6 is 11.8 Å². The van der Waals surface area contributed by atoms with Crippen molar-refractivity contribution in [1.29, 1.82) is 0 Å². The van der Waals surface area contributed by atoms with E-state index in [1.807, 2.05) is 0 Å². The van der Waals surface area contributed by atoms with Gasteiger partial charge in [0.05, 0.1) is 22.2 Å². The maximum absolute atomic E-state index is 13.2. The van der Waals surface area contributed by atoms with Crippen molar-refractivity contribution in [3.8, 4) is 22.9 Å². The van der Waals surface area contributed by atoms with Crippen LogP contribution in [0.3, 0.4) is 0 Å². The van der Waals surface area contributed by atoms with Crippen molar-refractivity contribution >= 4 is 22.7 Å². The van der Waals surface area contributed by atoms with Gasteiger partial charge in [0.15, 0.2) is 16.7 Å². The Balaban J connectivity index is 1.27. The zero-order valence-electron chi connectivity index (χ0n) is 17.3. The van der Waals surface area contributed by atoms with Crippen molar-refractivity contribution in [3.63, 3.8) is 0 Å². The number of benzene rings is 2. The number of fused-ring (bicyclic) bond motifs is 2. The van der Waals surface area contributed by atoms with Gasteiger partial charge in [-0.3, -0.25) is 9.36 Å². The lowest BCUT2D eigenvalue weighted by atomic mass is 10.1. The van der Waals surface area contributed by atoms with Gasteiger partial charge in [0.2, 0.25) is 18.5 Å². The Morgan fingerprint density at radius 1 is 1.06 bits per heavy atom. The molecule has 0 radical (unpaired) electrons. The van der Waals surface area contributed by atoms with Crippen LogP contribution in [0.4, 0.5) is 13.2 Å². The number of rotatable bonds is 5. The third-order valence-corrected chi connectivity index (χ3v) is 6.48. The standard InChI is InChI=1S/C22H15F3N4O4S/c23-22(24,25)12-3-1-11(2-4-12)19-27-18(33-28-19)9-34-21-26-15-8-17-16(31-10-32-17)7-14(15)20(30)29(21)13-5-6-13/h1-4,7-8,13H,5-6,9-10H2. The number of nitrogens with zero attached hydrogens (tertiary/aromatic N) is 4. The van der Waals surface area contributed by atoms with Crippen molar-refractivity contribution in [2.75, 3.05) is 6.79 Å². The summed E-state index contributed by atoms with van der Waals surface area (Å²) in [5.74, 6) is 1.75. The lowest BCUT2D eigenvalue weighted by Crippen LogP contribution is -2.22. The molecule has 6 rings (SSSR count). The maximum atomic E-state index is 13.2. The van der Waals surface area contributed by atoms with Crippen LogP contribution < -0.4 is 15.0 Å². The normalized spacial score (nSPS) is 15.3. The van der Waals surface area contributed by atoms with Gasteiger partial charge in [-0.15, -0.1) is 0 Å². The summed E-state index contributed by atoms with van der Waals surface area (Å²) >= 11 is 1.28. The molecule has 0 bridgehead atoms. The molecule has 2 aliphatic rings. The molecule has 12 heteroatoms. The van der Waals surface area contributed by atoms with Crippen LogP contribution in [0.1, 0.15) is 30.3 Å². The summed E-state index contributed by atoms with van der Waals surface area (Å²) in [7, 11) is 0. The minimum Gasteiger partial charge on any atom is -0.454 e. The number of hydrogen-bond acceptors (Lipinski definition) is 8. The molecule has 0 spiro atoms. The van der Waals surface area contributed by atoms with Gasteiger partial charge >= 0.3 is 6.18 Å². The summed E-state index contributed by atoms with van der Waals surface area (Å²) in [6, 6.07) is 7.97. The summed E-state index contributed by atoms with van der Waals surface area (Å²) in [4.78, 5) is 22.2. The fourth-order valence-electron chi connectivity index (χ4n) is 3.69. The highest BCUT2D eigenvalue weighted by molar-refractivity contribution is 7.98. The van der Waals surface area contributed by atoms with E-state index in [1.54, 1.807) is 16.7 Å². The van der Waals surface area contributed by atoms with Crippen LogP contribution in [-0.4, -0.2) is 26.5 Å². The lowest BCUT2D eigenvalue weighted by molar-refractivity contribution is -0.137. The number of halogens is 3. The van der Waals surface area contributed by atoms with Gasteiger partial charge in [-0.05, 0) is 31.0 Å². The molecule has 0 saturated heterocycles. The van der Waals surface area contributed by atoms with Gasteiger partial charge in [-0.25, -0.2) is 4.98 Å². The predicted octanol–water partition coefficient (Wildman–Crippen LogP) is 4.82. The third kappa shape index (κ3) is 3.77. The summed E-state index contributed by atoms with van der Waals surface area (Å²) in [6.07, 6.45) is -2.63. The Hall–Kier alpha value is -3.54. The molecule has 0 atom stereocenters. The maximum Gasteiger partial charge on any atom is 0.416 e. The van der Waals surface area contributed by atoms with Gasteiger partial charge in [-0.1, -0.05) is 29.1 Å². The average Bonchev–Trinajstić information content (AvgIpc) is 3.35. The minimum absolute atomic E-state index is 0.0858. The highest BCUT2D eigenvalue weighted by Gasteiger charge is 2.31. The first-order valence-corrected chi connectivity index (χ1v) is 11.3. The fourth-order valence-corrected chi connectivity index (χ4v) is 4.59. The monoisotopic (exact) mass is 488 g/mol. The van der Waals surface area contributed by atoms with E-state index in [0.29, 0.717) is 33.1 Å². The molecule has 1 aliphatic carbocycles. The molecule has 1 fully saturated rings. The van der Waals surface area contributed by atoms with Gasteiger partial charge < -0.3 is 14.0 Å². The molecule has 2 aromatic carbocycles. The highest BCUT2D eigenvalue weighted by atomic mass is 32.2. The van der Waals surface area contributed by atoms with E-state index < -0.39 is 11.7 Å². The number of alkyl halides is 3. The number of thioether (sulfide) groups is 1. The molecule has 0 amide bonds. The van der Waals surface area contributed by atoms with Crippen molar-refractivity contribution < 1.29 is 27.2 Å². The van der Waals surface area contributed by atoms with Crippen LogP contribution in [-0.2, 0) is 11.9 Å². The van der Waals surface area contributed by atoms with Gasteiger partial charge in [-0.2, -0.15) is 18.2 Å². The number of hydrogen-bond donors (Lipinski definition) is 0. The Kier molecular flexibility index (Phi) is 4.80. The Labute approximate surface area is 193 Å². The summed E-state index contributed by atoms with van der Waals surface area (Å²) in [5.41, 5.74) is 0.00948. The zero-order chi connectivity index (χ0) is 23.4. The average molecular weight is 488 g/mol. The molecule has 0 unspecified atom stereocenters. The molecule has 1 saturated carbocycles. The van der Waals surface area contributed by atoms with E-state index in [1.165, 1.54) is 23.9 Å². The summed E-state index contributed by atoms with van der Waals surface area (Å²) < 4.78 is 56.1. The van der Waals surface area contributed by atoms with Crippen LogP contribution in [0.2, 0.25) is 0 Å². The largest absolute Gasteiger partial charge is 0.454 e. The number of aromatic nitrogens is 4. The quantitative estimate of drug-likeness (QED) is 0.292. The second-order valence-corrected chi connectivity index (χ2v) is 8.84. The molecule has 4 aromatic rings. The van der Waals surface area contributed by atoms with E-state index in [2.05, 4.69) is 15.1 Å². The minimum atomic E-state index is -4.42. The van der Waals surface area contributed by atoms with Crippen molar-refractivity contribution in [1.82, 2.24) is 19.7 Å². The van der Waals surface area contributed by atoms with Crippen LogP contribution in [0, 0.1) is 0 Å². The fraction of sp³-hybridized carbons (Fsp3) is 0.273. The van der Waals surface area contributed by atoms with Crippen molar-refractivity contribution in [2.24, 2.45) is 0 Å². The molecule has 34 heavy (non-hydrogen) atoms. The van der Waals surface area contributed by atoms with Crippen LogP contribution in [0.15, 0.2) is 50.9 Å². The number of ether oxygens (including phenoxy) is 2. The van der Waals surface area contributed by atoms with Crippen LogP contribution in [0.25, 0.3) is 22.3 Å². The Bertz CT molecular complexity index is 1460. The van der Waals surface area contributed by atoms with Crippen LogP contribution in [0.5, 0.6) is 11.5 Å². The topological polar surface area (TPSA) is 92.3 Å². The summed E-state index contributed by atoms with van der Waals surface area (Å²) in [5, 5.41) is 4.85. The molecule has 8 nitrogen and oxygen atoms in total. The van der Waals surface area contributed by atoms with E-state index in [4.69, 9.17) is 14.0 Å². The molecule has 1 aliphatic heterocycles. The van der Waals surface area contributed by atoms with Gasteiger partial charge in [0.1, 0.15) is 0 Å². The molecular weight excluding hydrogens is 473 g/mol. The third-order valence-electron chi connectivity index (χ3n) is 5.54. The van der Waals surface area contributed by atoms with Crippen molar-refractivity contribution in [2.45, 2.75) is 36.0 Å². The Morgan fingerprint density at radius 3 is 2.50 bits per heavy atom. The second-order valence-electron chi connectivity index (χ2n) is 7.90. The second kappa shape index (κ2) is 7.76. The van der Waals surface area contributed by atoms with E-state index >= 15 is 0 Å². The molecule has 3 heterocycles. The van der Waals surface area contributed by atoms with Gasteiger partial charge in [0, 0.05) is 17.7 Å². The zero-order valence-corrected chi connectivity index (χ0v) is 18.2. The lowest BCUT2D eigenvalue weighted by Gasteiger charge is -2.12. The first-order chi connectivity index (χ1) is 16.4. The van der Waals surface area contributed by atoms with E-state index in [0.717, 1.165) is 25.0 Å². The molecule has 0 N–H and O–H groups in total. The molecule has 2 aromatic heterocycles. The predicted molar refractivity (Wildman–Crippen MR) is 115 cm³/mol. The first kappa shape index (κ1) is 21.0. The first-order valence-electron chi connectivity index (χ1n) is 10.4. The van der Waals surface area contributed by atoms with E-state index in [-0.39, 0.29) is 35.9 Å². The Morgan fingerprint density at radius 2 is 1.79 bits per heavy atom. The highest BCUT2D eigenvalue weighted by Crippen LogP contribution is 2.39. The summed E-state index contributed by atoms with van der Waals surface area (Å²) in [6.45, 7) is 0.0997.